The number of piperidine rings is 1. The average molecular weight is 325 g/mol. The third kappa shape index (κ3) is 2.87. The van der Waals surface area contributed by atoms with Crippen LogP contribution in [0.5, 0.6) is 0 Å². The molecule has 3 fully saturated rings. The maximum absolute atomic E-state index is 12.3. The Kier molecular flexibility index (Phi) is 4.92. The second kappa shape index (κ2) is 6.77. The molecule has 6 nitrogen and oxygen atoms in total. The van der Waals surface area contributed by atoms with E-state index < -0.39 is 6.10 Å². The number of carbonyl (C=O) groups is 2. The zero-order valence-corrected chi connectivity index (χ0v) is 14.1. The molecule has 23 heavy (non-hydrogen) atoms. The first-order valence-corrected chi connectivity index (χ1v) is 8.90. The van der Waals surface area contributed by atoms with Crippen LogP contribution in [0.1, 0.15) is 58.8 Å². The molecular weight excluding hydrogens is 298 g/mol. The summed E-state index contributed by atoms with van der Waals surface area (Å²) in [6.45, 7) is 4.39. The summed E-state index contributed by atoms with van der Waals surface area (Å²) in [5, 5.41) is 1.99. The first-order valence-electron chi connectivity index (χ1n) is 8.90. The number of carbonyl (C=O) groups excluding carboxylic acids is 2. The molecule has 0 amide bonds. The van der Waals surface area contributed by atoms with Gasteiger partial charge in [-0.1, -0.05) is 6.42 Å². The van der Waals surface area contributed by atoms with Gasteiger partial charge in [0.1, 0.15) is 0 Å². The summed E-state index contributed by atoms with van der Waals surface area (Å²) in [5.74, 6) is -0.262. The SMILES string of the molecule is CCOC(=O)C[C@@H]1CCC[C@@]23CCC[C@@H]2[C@@H](C(=O)OCC)ON13. The van der Waals surface area contributed by atoms with Crippen LogP contribution in [0.3, 0.4) is 0 Å². The molecule has 0 aromatic carbocycles. The summed E-state index contributed by atoms with van der Waals surface area (Å²) < 4.78 is 10.3. The van der Waals surface area contributed by atoms with Gasteiger partial charge in [0, 0.05) is 12.0 Å². The topological polar surface area (TPSA) is 65.1 Å². The van der Waals surface area contributed by atoms with E-state index in [-0.39, 0.29) is 29.4 Å². The van der Waals surface area contributed by atoms with Crippen molar-refractivity contribution in [2.24, 2.45) is 5.92 Å². The van der Waals surface area contributed by atoms with Crippen LogP contribution < -0.4 is 0 Å². The molecule has 6 heteroatoms. The molecule has 0 N–H and O–H groups in total. The Morgan fingerprint density at radius 2 is 1.83 bits per heavy atom. The smallest absolute Gasteiger partial charge is 0.337 e. The summed E-state index contributed by atoms with van der Waals surface area (Å²) in [6, 6.07) is 0.00262. The minimum absolute atomic E-state index is 0.00262. The lowest BCUT2D eigenvalue weighted by atomic mass is 9.76. The van der Waals surface area contributed by atoms with Crippen molar-refractivity contribution in [2.75, 3.05) is 13.2 Å². The summed E-state index contributed by atoms with van der Waals surface area (Å²) in [5.41, 5.74) is -0.0904. The van der Waals surface area contributed by atoms with Gasteiger partial charge in [0.05, 0.1) is 25.2 Å². The van der Waals surface area contributed by atoms with Gasteiger partial charge in [-0.25, -0.2) is 4.79 Å². The van der Waals surface area contributed by atoms with Gasteiger partial charge in [-0.15, -0.1) is 0 Å². The molecule has 2 saturated heterocycles. The van der Waals surface area contributed by atoms with E-state index in [1.165, 1.54) is 0 Å². The van der Waals surface area contributed by atoms with Crippen molar-refractivity contribution in [2.45, 2.75) is 76.5 Å². The van der Waals surface area contributed by atoms with Crippen molar-refractivity contribution >= 4 is 11.9 Å². The van der Waals surface area contributed by atoms with E-state index in [9.17, 15) is 9.59 Å². The van der Waals surface area contributed by atoms with Crippen molar-refractivity contribution in [3.63, 3.8) is 0 Å². The first kappa shape index (κ1) is 16.7. The van der Waals surface area contributed by atoms with Crippen LogP contribution in [0.25, 0.3) is 0 Å². The van der Waals surface area contributed by atoms with Crippen molar-refractivity contribution in [3.8, 4) is 0 Å². The largest absolute Gasteiger partial charge is 0.466 e. The fraction of sp³-hybridized carbons (Fsp3) is 0.882. The fourth-order valence-electron chi connectivity index (χ4n) is 4.75. The van der Waals surface area contributed by atoms with Crippen LogP contribution in [-0.4, -0.2) is 47.9 Å². The van der Waals surface area contributed by atoms with Crippen molar-refractivity contribution < 1.29 is 23.9 Å². The lowest BCUT2D eigenvalue weighted by Gasteiger charge is -2.44. The average Bonchev–Trinajstić information content (AvgIpc) is 3.04. The Morgan fingerprint density at radius 1 is 1.13 bits per heavy atom. The van der Waals surface area contributed by atoms with Crippen LogP contribution in [0.4, 0.5) is 0 Å². The highest BCUT2D eigenvalue weighted by molar-refractivity contribution is 5.76. The van der Waals surface area contributed by atoms with Gasteiger partial charge in [0.25, 0.3) is 0 Å². The number of ether oxygens (including phenoxy) is 2. The molecule has 130 valence electrons. The molecule has 0 unspecified atom stereocenters. The van der Waals surface area contributed by atoms with Gasteiger partial charge in [-0.3, -0.25) is 9.63 Å². The lowest BCUT2D eigenvalue weighted by molar-refractivity contribution is -0.235. The van der Waals surface area contributed by atoms with E-state index in [0.717, 1.165) is 38.5 Å². The monoisotopic (exact) mass is 325 g/mol. The van der Waals surface area contributed by atoms with Gasteiger partial charge in [0.2, 0.25) is 0 Å². The van der Waals surface area contributed by atoms with Crippen LogP contribution in [0.15, 0.2) is 0 Å². The summed E-state index contributed by atoms with van der Waals surface area (Å²) in [6.07, 6.45) is 5.95. The fourth-order valence-corrected chi connectivity index (χ4v) is 4.75. The van der Waals surface area contributed by atoms with Gasteiger partial charge in [-0.2, -0.15) is 5.06 Å². The third-order valence-electron chi connectivity index (χ3n) is 5.55. The highest BCUT2D eigenvalue weighted by Gasteiger charge is 2.62. The molecule has 4 atom stereocenters. The number of hydroxylamine groups is 2. The maximum Gasteiger partial charge on any atom is 0.337 e. The normalized spacial score (nSPS) is 36.3. The van der Waals surface area contributed by atoms with Crippen LogP contribution in [0.2, 0.25) is 0 Å². The Morgan fingerprint density at radius 3 is 2.52 bits per heavy atom. The molecule has 0 aromatic rings. The molecule has 1 spiro atoms. The number of hydrogen-bond acceptors (Lipinski definition) is 6. The van der Waals surface area contributed by atoms with Gasteiger partial charge in [0.15, 0.2) is 6.10 Å². The predicted molar refractivity (Wildman–Crippen MR) is 82.3 cm³/mol. The molecule has 0 radical (unpaired) electrons. The highest BCUT2D eigenvalue weighted by atomic mass is 16.7. The standard InChI is InChI=1S/C17H27NO5/c1-3-21-14(19)11-12-7-5-9-17-10-6-8-13(17)15(23-18(12)17)16(20)22-4-2/h12-13,15H,3-11H2,1-2H3/t12-,13+,15-,17+/m0/s1. The van der Waals surface area contributed by atoms with E-state index >= 15 is 0 Å². The molecule has 2 aliphatic heterocycles. The van der Waals surface area contributed by atoms with Crippen LogP contribution >= 0.6 is 0 Å². The molecular formula is C17H27NO5. The maximum atomic E-state index is 12.3. The summed E-state index contributed by atoms with van der Waals surface area (Å²) in [4.78, 5) is 30.3. The molecule has 1 saturated carbocycles. The molecule has 0 bridgehead atoms. The van der Waals surface area contributed by atoms with E-state index in [1.807, 2.05) is 18.9 Å². The molecule has 3 rings (SSSR count). The van der Waals surface area contributed by atoms with E-state index in [1.54, 1.807) is 0 Å². The van der Waals surface area contributed by atoms with E-state index in [0.29, 0.717) is 19.6 Å². The summed E-state index contributed by atoms with van der Waals surface area (Å²) >= 11 is 0. The van der Waals surface area contributed by atoms with Crippen LogP contribution in [0, 0.1) is 5.92 Å². The molecule has 3 aliphatic rings. The van der Waals surface area contributed by atoms with Crippen LogP contribution in [-0.2, 0) is 23.9 Å². The van der Waals surface area contributed by atoms with Gasteiger partial charge >= 0.3 is 11.9 Å². The van der Waals surface area contributed by atoms with Crippen molar-refractivity contribution in [1.29, 1.82) is 0 Å². The lowest BCUT2D eigenvalue weighted by Crippen LogP contribution is -2.53. The van der Waals surface area contributed by atoms with Gasteiger partial charge < -0.3 is 9.47 Å². The minimum atomic E-state index is -0.514. The Bertz CT molecular complexity index is 468. The molecule has 2 heterocycles. The molecule has 1 aliphatic carbocycles. The number of rotatable bonds is 5. The van der Waals surface area contributed by atoms with Crippen molar-refractivity contribution in [1.82, 2.24) is 5.06 Å². The van der Waals surface area contributed by atoms with E-state index in [2.05, 4.69) is 0 Å². The summed E-state index contributed by atoms with van der Waals surface area (Å²) in [7, 11) is 0. The zero-order chi connectivity index (χ0) is 16.4. The third-order valence-corrected chi connectivity index (χ3v) is 5.55. The Balaban J connectivity index is 1.78. The predicted octanol–water partition coefficient (Wildman–Crippen LogP) is 2.21. The Hall–Kier alpha value is -1.14. The number of nitrogens with zero attached hydrogens (tertiary/aromatic N) is 1. The molecule has 0 aromatic heterocycles. The number of esters is 2. The van der Waals surface area contributed by atoms with Gasteiger partial charge in [-0.05, 0) is 46.0 Å². The highest BCUT2D eigenvalue weighted by Crippen LogP contribution is 2.55. The number of hydrogen-bond donors (Lipinski definition) is 0. The quantitative estimate of drug-likeness (QED) is 0.722. The minimum Gasteiger partial charge on any atom is -0.466 e. The second-order valence-corrected chi connectivity index (χ2v) is 6.76. The van der Waals surface area contributed by atoms with E-state index in [4.69, 9.17) is 14.3 Å². The zero-order valence-electron chi connectivity index (χ0n) is 14.1. The van der Waals surface area contributed by atoms with Crippen molar-refractivity contribution in [3.05, 3.63) is 0 Å². The first-order chi connectivity index (χ1) is 11.1. The Labute approximate surface area is 137 Å². The second-order valence-electron chi connectivity index (χ2n) is 6.76.